The first-order valence-corrected chi connectivity index (χ1v) is 13.5. The van der Waals surface area contributed by atoms with E-state index in [1.807, 2.05) is 0 Å². The summed E-state index contributed by atoms with van der Waals surface area (Å²) in [5, 5.41) is 2.76. The molecule has 0 aromatic heterocycles. The monoisotopic (exact) mass is 477 g/mol. The van der Waals surface area contributed by atoms with E-state index in [1.165, 1.54) is 24.3 Å². The first kappa shape index (κ1) is 22.4. The highest BCUT2D eigenvalue weighted by atomic mass is 32.2. The number of hydrogen-bond donors (Lipinski definition) is 2. The van der Waals surface area contributed by atoms with Crippen molar-refractivity contribution in [3.63, 3.8) is 0 Å². The molecule has 2 aromatic rings. The summed E-state index contributed by atoms with van der Waals surface area (Å²) in [7, 11) is -7.24. The van der Waals surface area contributed by atoms with Crippen molar-refractivity contribution in [1.29, 1.82) is 0 Å². The van der Waals surface area contributed by atoms with Gasteiger partial charge in [-0.1, -0.05) is 18.2 Å². The van der Waals surface area contributed by atoms with Gasteiger partial charge in [0, 0.05) is 24.6 Å². The number of amides is 2. The summed E-state index contributed by atoms with van der Waals surface area (Å²) >= 11 is 0. The zero-order valence-electron chi connectivity index (χ0n) is 17.2. The van der Waals surface area contributed by atoms with Crippen molar-refractivity contribution in [2.24, 2.45) is 0 Å². The average Bonchev–Trinajstić information content (AvgIpc) is 3.32. The zero-order chi connectivity index (χ0) is 22.9. The lowest BCUT2D eigenvalue weighted by Gasteiger charge is -2.20. The second-order valence-corrected chi connectivity index (χ2v) is 11.8. The van der Waals surface area contributed by atoms with E-state index >= 15 is 0 Å². The van der Waals surface area contributed by atoms with Gasteiger partial charge in [-0.05, 0) is 43.2 Å². The van der Waals surface area contributed by atoms with Crippen LogP contribution in [-0.4, -0.2) is 52.7 Å². The summed E-state index contributed by atoms with van der Waals surface area (Å²) in [5.74, 6) is -0.829. The van der Waals surface area contributed by atoms with Crippen molar-refractivity contribution in [3.05, 3.63) is 54.1 Å². The van der Waals surface area contributed by atoms with Crippen molar-refractivity contribution < 1.29 is 26.4 Å². The summed E-state index contributed by atoms with van der Waals surface area (Å²) in [6.07, 6.45) is 1.42. The molecule has 2 fully saturated rings. The molecule has 0 aliphatic carbocycles. The Bertz CT molecular complexity index is 1270. The Morgan fingerprint density at radius 1 is 1.09 bits per heavy atom. The van der Waals surface area contributed by atoms with Gasteiger partial charge < -0.3 is 10.2 Å². The Morgan fingerprint density at radius 3 is 2.56 bits per heavy atom. The van der Waals surface area contributed by atoms with Gasteiger partial charge in [-0.15, -0.1) is 0 Å². The SMILES string of the molecule is O=C(Nc1ccccc1N1CCCC1=O)c1cccc(S(=O)(=O)NC2CCS(=O)(=O)C2)c1. The number of sulfone groups is 1. The molecule has 0 bridgehead atoms. The van der Waals surface area contributed by atoms with E-state index < -0.39 is 31.8 Å². The number of carbonyl (C=O) groups excluding carboxylic acids is 2. The molecular weight excluding hydrogens is 454 g/mol. The summed E-state index contributed by atoms with van der Waals surface area (Å²) in [6, 6.07) is 11.8. The van der Waals surface area contributed by atoms with Gasteiger partial charge in [-0.3, -0.25) is 9.59 Å². The first-order valence-electron chi connectivity index (χ1n) is 10.2. The number of rotatable bonds is 6. The van der Waals surface area contributed by atoms with Crippen molar-refractivity contribution in [2.75, 3.05) is 28.3 Å². The van der Waals surface area contributed by atoms with Gasteiger partial charge >= 0.3 is 0 Å². The van der Waals surface area contributed by atoms with Crippen LogP contribution in [0.15, 0.2) is 53.4 Å². The molecule has 170 valence electrons. The van der Waals surface area contributed by atoms with Crippen molar-refractivity contribution in [2.45, 2.75) is 30.2 Å². The van der Waals surface area contributed by atoms with Crippen LogP contribution in [0.5, 0.6) is 0 Å². The molecular formula is C21H23N3O6S2. The number of anilines is 2. The van der Waals surface area contributed by atoms with Crippen LogP contribution in [0.4, 0.5) is 11.4 Å². The summed E-state index contributed by atoms with van der Waals surface area (Å²) in [5.41, 5.74) is 1.17. The van der Waals surface area contributed by atoms with Crippen LogP contribution in [0.25, 0.3) is 0 Å². The molecule has 2 aliphatic heterocycles. The fraction of sp³-hybridized carbons (Fsp3) is 0.333. The number of hydrogen-bond acceptors (Lipinski definition) is 6. The number of nitrogens with one attached hydrogen (secondary N) is 2. The molecule has 9 nitrogen and oxygen atoms in total. The van der Waals surface area contributed by atoms with Crippen molar-refractivity contribution in [3.8, 4) is 0 Å². The number of para-hydroxylation sites is 2. The Balaban J connectivity index is 1.53. The predicted molar refractivity (Wildman–Crippen MR) is 120 cm³/mol. The molecule has 1 unspecified atom stereocenters. The predicted octanol–water partition coefficient (Wildman–Crippen LogP) is 1.53. The lowest BCUT2D eigenvalue weighted by atomic mass is 10.2. The highest BCUT2D eigenvalue weighted by Gasteiger charge is 2.31. The van der Waals surface area contributed by atoms with E-state index in [-0.39, 0.29) is 34.3 Å². The third-order valence-electron chi connectivity index (χ3n) is 5.48. The van der Waals surface area contributed by atoms with Crippen LogP contribution in [-0.2, 0) is 24.7 Å². The van der Waals surface area contributed by atoms with Crippen LogP contribution < -0.4 is 14.9 Å². The molecule has 11 heteroatoms. The lowest BCUT2D eigenvalue weighted by Crippen LogP contribution is -2.35. The lowest BCUT2D eigenvalue weighted by molar-refractivity contribution is -0.117. The maximum Gasteiger partial charge on any atom is 0.255 e. The first-order chi connectivity index (χ1) is 15.1. The van der Waals surface area contributed by atoms with Gasteiger partial charge in [0.25, 0.3) is 5.91 Å². The second-order valence-electron chi connectivity index (χ2n) is 7.87. The Morgan fingerprint density at radius 2 is 1.88 bits per heavy atom. The molecule has 0 radical (unpaired) electrons. The van der Waals surface area contributed by atoms with Crippen molar-refractivity contribution in [1.82, 2.24) is 4.72 Å². The van der Waals surface area contributed by atoms with Crippen LogP contribution in [0.1, 0.15) is 29.6 Å². The van der Waals surface area contributed by atoms with Crippen molar-refractivity contribution >= 4 is 43.0 Å². The van der Waals surface area contributed by atoms with E-state index in [0.29, 0.717) is 24.3 Å². The standard InChI is InChI=1S/C21H23N3O6S2/c25-20-9-4-11-24(20)19-8-2-1-7-18(19)22-21(26)15-5-3-6-17(13-15)32(29,30)23-16-10-12-31(27,28)14-16/h1-3,5-8,13,16,23H,4,9-12,14H2,(H,22,26). The fourth-order valence-corrected chi connectivity index (χ4v) is 6.99. The fourth-order valence-electron chi connectivity index (χ4n) is 3.89. The number of nitrogens with zero attached hydrogens (tertiary/aromatic N) is 1. The Labute approximate surface area is 186 Å². The van der Waals surface area contributed by atoms with Gasteiger partial charge in [-0.25, -0.2) is 21.6 Å². The van der Waals surface area contributed by atoms with E-state index in [2.05, 4.69) is 10.0 Å². The molecule has 2 heterocycles. The minimum Gasteiger partial charge on any atom is -0.320 e. The summed E-state index contributed by atoms with van der Waals surface area (Å²) in [6.45, 7) is 0.571. The summed E-state index contributed by atoms with van der Waals surface area (Å²) in [4.78, 5) is 26.5. The molecule has 2 aliphatic rings. The second kappa shape index (κ2) is 8.64. The number of sulfonamides is 1. The molecule has 0 spiro atoms. The smallest absolute Gasteiger partial charge is 0.255 e. The molecule has 2 amide bonds. The number of carbonyl (C=O) groups is 2. The molecule has 2 saturated heterocycles. The van der Waals surface area contributed by atoms with Gasteiger partial charge in [0.05, 0.1) is 27.8 Å². The molecule has 0 saturated carbocycles. The Kier molecular flexibility index (Phi) is 6.06. The summed E-state index contributed by atoms with van der Waals surface area (Å²) < 4.78 is 51.1. The minimum atomic E-state index is -4.00. The third-order valence-corrected chi connectivity index (χ3v) is 8.76. The quantitative estimate of drug-likeness (QED) is 0.649. The highest BCUT2D eigenvalue weighted by molar-refractivity contribution is 7.92. The third kappa shape index (κ3) is 4.84. The normalized spacial score (nSPS) is 20.4. The molecule has 1 atom stereocenters. The minimum absolute atomic E-state index is 0.0141. The van der Waals surface area contributed by atoms with Crippen LogP contribution in [0, 0.1) is 0 Å². The number of benzene rings is 2. The highest BCUT2D eigenvalue weighted by Crippen LogP contribution is 2.30. The van der Waals surface area contributed by atoms with Gasteiger partial charge in [0.1, 0.15) is 0 Å². The molecule has 32 heavy (non-hydrogen) atoms. The van der Waals surface area contributed by atoms with E-state index in [1.54, 1.807) is 29.2 Å². The molecule has 2 aromatic carbocycles. The Hall–Kier alpha value is -2.76. The average molecular weight is 478 g/mol. The van der Waals surface area contributed by atoms with E-state index in [4.69, 9.17) is 0 Å². The van der Waals surface area contributed by atoms with Gasteiger partial charge in [0.2, 0.25) is 15.9 Å². The van der Waals surface area contributed by atoms with E-state index in [0.717, 1.165) is 6.42 Å². The van der Waals surface area contributed by atoms with Crippen LogP contribution >= 0.6 is 0 Å². The maximum atomic E-state index is 12.9. The van der Waals surface area contributed by atoms with Gasteiger partial charge in [0.15, 0.2) is 9.84 Å². The van der Waals surface area contributed by atoms with Crippen LogP contribution in [0.3, 0.4) is 0 Å². The molecule has 4 rings (SSSR count). The maximum absolute atomic E-state index is 12.9. The topological polar surface area (TPSA) is 130 Å². The van der Waals surface area contributed by atoms with Crippen LogP contribution in [0.2, 0.25) is 0 Å². The van der Waals surface area contributed by atoms with E-state index in [9.17, 15) is 26.4 Å². The largest absolute Gasteiger partial charge is 0.320 e. The van der Waals surface area contributed by atoms with Gasteiger partial charge in [-0.2, -0.15) is 0 Å². The zero-order valence-corrected chi connectivity index (χ0v) is 18.8. The molecule has 2 N–H and O–H groups in total.